The summed E-state index contributed by atoms with van der Waals surface area (Å²) in [7, 11) is 4.06. The molecule has 0 aromatic heterocycles. The Hall–Kier alpha value is -0.690. The molecule has 1 heterocycles. The maximum absolute atomic E-state index is 11.0. The number of amides is 1. The Bertz CT molecular complexity index is 248. The number of carbonyl (C=O) groups is 1. The van der Waals surface area contributed by atoms with Gasteiger partial charge in [-0.15, -0.1) is 0 Å². The zero-order valence-corrected chi connectivity index (χ0v) is 10.7. The number of hydrogen-bond acceptors (Lipinski definition) is 5. The van der Waals surface area contributed by atoms with Gasteiger partial charge in [0.05, 0.1) is 6.10 Å². The summed E-state index contributed by atoms with van der Waals surface area (Å²) in [6.07, 6.45) is 1.81. The molecule has 0 saturated carbocycles. The Morgan fingerprint density at radius 1 is 1.59 bits per heavy atom. The van der Waals surface area contributed by atoms with Crippen LogP contribution < -0.4 is 11.3 Å². The summed E-state index contributed by atoms with van der Waals surface area (Å²) in [5.74, 6) is 4.89. The van der Waals surface area contributed by atoms with Gasteiger partial charge >= 0.3 is 0 Å². The van der Waals surface area contributed by atoms with E-state index in [0.717, 1.165) is 25.9 Å². The van der Waals surface area contributed by atoms with Crippen LogP contribution in [-0.2, 0) is 4.79 Å². The molecule has 4 N–H and O–H groups in total. The maximum atomic E-state index is 11.0. The molecule has 0 aromatic carbocycles. The van der Waals surface area contributed by atoms with Gasteiger partial charge in [0, 0.05) is 25.6 Å². The third-order valence-electron chi connectivity index (χ3n) is 3.09. The quantitative estimate of drug-likeness (QED) is 0.309. The fraction of sp³-hybridized carbons (Fsp3) is 0.909. The lowest BCUT2D eigenvalue weighted by molar-refractivity contribution is -0.121. The second kappa shape index (κ2) is 6.90. The van der Waals surface area contributed by atoms with Crippen LogP contribution in [-0.4, -0.2) is 66.7 Å². The number of carbonyl (C=O) groups excluding carboxylic acids is 1. The molecule has 0 bridgehead atoms. The minimum absolute atomic E-state index is 0.131. The molecule has 1 aliphatic heterocycles. The number of likely N-dealkylation sites (tertiary alicyclic amines) is 1. The highest BCUT2D eigenvalue weighted by atomic mass is 16.3. The van der Waals surface area contributed by atoms with Crippen LogP contribution in [0, 0.1) is 0 Å². The molecule has 0 aliphatic carbocycles. The average molecular weight is 244 g/mol. The van der Waals surface area contributed by atoms with Gasteiger partial charge in [-0.3, -0.25) is 15.1 Å². The second-order valence-corrected chi connectivity index (χ2v) is 4.97. The Morgan fingerprint density at radius 2 is 2.29 bits per heavy atom. The van der Waals surface area contributed by atoms with Gasteiger partial charge in [-0.1, -0.05) is 0 Å². The number of nitrogens with one attached hydrogen (secondary N) is 1. The van der Waals surface area contributed by atoms with E-state index in [1.807, 2.05) is 14.1 Å². The highest BCUT2D eigenvalue weighted by Gasteiger charge is 2.30. The number of nitrogens with zero attached hydrogens (tertiary/aromatic N) is 2. The lowest BCUT2D eigenvalue weighted by atomic mass is 10.2. The molecule has 1 aliphatic rings. The van der Waals surface area contributed by atoms with E-state index in [1.165, 1.54) is 0 Å². The SMILES string of the molecule is CN(C)CC1CC(O)CN1CCCC(=O)NN. The number of β-amino-alcohol motifs (C(OH)–C–C–N with tert-alkyl or cyclic N) is 1. The van der Waals surface area contributed by atoms with Crippen LogP contribution in [0.2, 0.25) is 0 Å². The van der Waals surface area contributed by atoms with Gasteiger partial charge in [-0.2, -0.15) is 0 Å². The van der Waals surface area contributed by atoms with Crippen molar-refractivity contribution in [2.45, 2.75) is 31.4 Å². The number of likely N-dealkylation sites (N-methyl/N-ethyl adjacent to an activating group) is 1. The summed E-state index contributed by atoms with van der Waals surface area (Å²) in [5, 5.41) is 9.68. The minimum atomic E-state index is -0.233. The summed E-state index contributed by atoms with van der Waals surface area (Å²) in [6.45, 7) is 2.49. The smallest absolute Gasteiger partial charge is 0.233 e. The van der Waals surface area contributed by atoms with Crippen LogP contribution in [0.1, 0.15) is 19.3 Å². The zero-order chi connectivity index (χ0) is 12.8. The molecule has 2 unspecified atom stereocenters. The first kappa shape index (κ1) is 14.4. The average Bonchev–Trinajstić information content (AvgIpc) is 2.58. The topological polar surface area (TPSA) is 81.8 Å². The summed E-state index contributed by atoms with van der Waals surface area (Å²) in [6, 6.07) is 0.390. The molecule has 0 radical (unpaired) electrons. The van der Waals surface area contributed by atoms with Crippen molar-refractivity contribution in [1.29, 1.82) is 0 Å². The van der Waals surface area contributed by atoms with E-state index in [-0.39, 0.29) is 12.0 Å². The molecule has 1 fully saturated rings. The first-order valence-electron chi connectivity index (χ1n) is 6.09. The standard InChI is InChI=1S/C11H24N4O2/c1-14(2)7-9-6-10(16)8-15(9)5-3-4-11(17)13-12/h9-10,16H,3-8,12H2,1-2H3,(H,13,17). The number of hydrogen-bond donors (Lipinski definition) is 3. The van der Waals surface area contributed by atoms with Crippen LogP contribution in [0.5, 0.6) is 0 Å². The number of aliphatic hydroxyl groups excluding tert-OH is 1. The zero-order valence-electron chi connectivity index (χ0n) is 10.7. The first-order chi connectivity index (χ1) is 8.02. The van der Waals surface area contributed by atoms with Gasteiger partial charge in [0.2, 0.25) is 5.91 Å². The van der Waals surface area contributed by atoms with Crippen molar-refractivity contribution in [3.8, 4) is 0 Å². The Labute approximate surface area is 103 Å². The van der Waals surface area contributed by atoms with E-state index in [1.54, 1.807) is 0 Å². The predicted molar refractivity (Wildman–Crippen MR) is 66.1 cm³/mol. The molecule has 1 saturated heterocycles. The van der Waals surface area contributed by atoms with Crippen LogP contribution >= 0.6 is 0 Å². The first-order valence-corrected chi connectivity index (χ1v) is 6.09. The highest BCUT2D eigenvalue weighted by Crippen LogP contribution is 2.18. The van der Waals surface area contributed by atoms with Crippen LogP contribution in [0.25, 0.3) is 0 Å². The largest absolute Gasteiger partial charge is 0.392 e. The van der Waals surface area contributed by atoms with Gasteiger partial charge in [0.1, 0.15) is 0 Å². The number of aliphatic hydroxyl groups is 1. The second-order valence-electron chi connectivity index (χ2n) is 4.97. The molecular formula is C11H24N4O2. The van der Waals surface area contributed by atoms with Gasteiger partial charge < -0.3 is 10.0 Å². The monoisotopic (exact) mass is 244 g/mol. The van der Waals surface area contributed by atoms with Crippen LogP contribution in [0.15, 0.2) is 0 Å². The molecule has 6 heteroatoms. The molecule has 2 atom stereocenters. The Kier molecular flexibility index (Phi) is 5.84. The van der Waals surface area contributed by atoms with Crippen molar-refractivity contribution in [2.75, 3.05) is 33.7 Å². The molecule has 0 aromatic rings. The third-order valence-corrected chi connectivity index (χ3v) is 3.09. The van der Waals surface area contributed by atoms with E-state index in [9.17, 15) is 9.90 Å². The molecule has 1 amide bonds. The molecular weight excluding hydrogens is 220 g/mol. The molecule has 0 spiro atoms. The number of rotatable bonds is 6. The van der Waals surface area contributed by atoms with E-state index >= 15 is 0 Å². The fourth-order valence-electron chi connectivity index (χ4n) is 2.36. The van der Waals surface area contributed by atoms with Crippen molar-refractivity contribution >= 4 is 5.91 Å². The van der Waals surface area contributed by atoms with Gasteiger partial charge in [0.25, 0.3) is 0 Å². The Balaban J connectivity index is 2.31. The van der Waals surface area contributed by atoms with E-state index in [0.29, 0.717) is 19.0 Å². The summed E-state index contributed by atoms with van der Waals surface area (Å²) >= 11 is 0. The minimum Gasteiger partial charge on any atom is -0.392 e. The van der Waals surface area contributed by atoms with Crippen LogP contribution in [0.4, 0.5) is 0 Å². The molecule has 17 heavy (non-hydrogen) atoms. The maximum Gasteiger partial charge on any atom is 0.233 e. The van der Waals surface area contributed by atoms with Crippen molar-refractivity contribution in [2.24, 2.45) is 5.84 Å². The van der Waals surface area contributed by atoms with Crippen molar-refractivity contribution in [1.82, 2.24) is 15.2 Å². The number of hydrazine groups is 1. The van der Waals surface area contributed by atoms with E-state index in [4.69, 9.17) is 5.84 Å². The summed E-state index contributed by atoms with van der Waals surface area (Å²) < 4.78 is 0. The van der Waals surface area contributed by atoms with Crippen molar-refractivity contribution in [3.63, 3.8) is 0 Å². The predicted octanol–water partition coefficient (Wildman–Crippen LogP) is -1.25. The molecule has 100 valence electrons. The molecule has 1 rings (SSSR count). The van der Waals surface area contributed by atoms with Crippen LogP contribution in [0.3, 0.4) is 0 Å². The van der Waals surface area contributed by atoms with Crippen molar-refractivity contribution < 1.29 is 9.90 Å². The Morgan fingerprint density at radius 3 is 2.88 bits per heavy atom. The summed E-state index contributed by atoms with van der Waals surface area (Å²) in [4.78, 5) is 15.4. The normalized spacial score (nSPS) is 25.5. The van der Waals surface area contributed by atoms with E-state index < -0.39 is 0 Å². The lowest BCUT2D eigenvalue weighted by Gasteiger charge is -2.26. The number of nitrogens with two attached hydrogens (primary N) is 1. The third kappa shape index (κ3) is 4.99. The lowest BCUT2D eigenvalue weighted by Crippen LogP contribution is -2.38. The highest BCUT2D eigenvalue weighted by molar-refractivity contribution is 5.75. The van der Waals surface area contributed by atoms with Gasteiger partial charge in [-0.25, -0.2) is 5.84 Å². The van der Waals surface area contributed by atoms with Gasteiger partial charge in [0.15, 0.2) is 0 Å². The molecule has 6 nitrogen and oxygen atoms in total. The fourth-order valence-corrected chi connectivity index (χ4v) is 2.36. The van der Waals surface area contributed by atoms with Crippen molar-refractivity contribution in [3.05, 3.63) is 0 Å². The summed E-state index contributed by atoms with van der Waals surface area (Å²) in [5.41, 5.74) is 2.13. The van der Waals surface area contributed by atoms with E-state index in [2.05, 4.69) is 15.2 Å². The van der Waals surface area contributed by atoms with Gasteiger partial charge in [-0.05, 0) is 33.5 Å².